The van der Waals surface area contributed by atoms with Gasteiger partial charge < -0.3 is 15.0 Å². The Kier molecular flexibility index (Phi) is 6.41. The van der Waals surface area contributed by atoms with Crippen LogP contribution in [0.4, 0.5) is 5.69 Å². The number of morpholine rings is 1. The van der Waals surface area contributed by atoms with Gasteiger partial charge >= 0.3 is 0 Å². The molecule has 1 aromatic carbocycles. The summed E-state index contributed by atoms with van der Waals surface area (Å²) in [5.41, 5.74) is 3.45. The number of amides is 1. The van der Waals surface area contributed by atoms with Gasteiger partial charge in [0.1, 0.15) is 25.3 Å². The van der Waals surface area contributed by atoms with Gasteiger partial charge in [-0.25, -0.2) is 0 Å². The molecule has 1 unspecified atom stereocenters. The number of nitrogens with one attached hydrogen (secondary N) is 2. The van der Waals surface area contributed by atoms with Crippen molar-refractivity contribution in [2.75, 3.05) is 25.0 Å². The highest BCUT2D eigenvalue weighted by molar-refractivity contribution is 5.93. The second-order valence-corrected chi connectivity index (χ2v) is 7.76. The van der Waals surface area contributed by atoms with Crippen molar-refractivity contribution in [3.05, 3.63) is 29.3 Å². The molecular weight excluding hydrogens is 300 g/mol. The highest BCUT2D eigenvalue weighted by atomic mass is 16.5. The van der Waals surface area contributed by atoms with E-state index in [0.29, 0.717) is 18.4 Å². The van der Waals surface area contributed by atoms with E-state index in [-0.39, 0.29) is 18.1 Å². The molecule has 0 radical (unpaired) electrons. The zero-order valence-electron chi connectivity index (χ0n) is 16.0. The predicted octanol–water partition coefficient (Wildman–Crippen LogP) is 2.56. The fraction of sp³-hybridized carbons (Fsp3) is 0.650. The molecule has 0 aromatic heterocycles. The van der Waals surface area contributed by atoms with Crippen molar-refractivity contribution in [1.29, 1.82) is 0 Å². The highest BCUT2D eigenvalue weighted by Crippen LogP contribution is 2.32. The first-order chi connectivity index (χ1) is 11.3. The average molecular weight is 333 g/mol. The molecule has 1 aliphatic rings. The largest absolute Gasteiger partial charge is 0.364 e. The number of quaternary nitrogens is 1. The summed E-state index contributed by atoms with van der Waals surface area (Å²) in [4.78, 5) is 14.0. The molecule has 1 aliphatic heterocycles. The van der Waals surface area contributed by atoms with Crippen LogP contribution in [0, 0.1) is 0 Å². The molecule has 24 heavy (non-hydrogen) atoms. The maximum Gasteiger partial charge on any atom is 0.279 e. The summed E-state index contributed by atoms with van der Waals surface area (Å²) in [6.07, 6.45) is 0.427. The first-order valence-electron chi connectivity index (χ1n) is 9.19. The van der Waals surface area contributed by atoms with Crippen molar-refractivity contribution in [3.8, 4) is 0 Å². The summed E-state index contributed by atoms with van der Waals surface area (Å²) in [6.45, 7) is 15.1. The number of hydrogen-bond acceptors (Lipinski definition) is 2. The van der Waals surface area contributed by atoms with Crippen molar-refractivity contribution in [3.63, 3.8) is 0 Å². The molecule has 1 saturated heterocycles. The Morgan fingerprint density at radius 2 is 1.62 bits per heavy atom. The summed E-state index contributed by atoms with van der Waals surface area (Å²) >= 11 is 0. The Labute approximate surface area is 146 Å². The van der Waals surface area contributed by atoms with Gasteiger partial charge in [-0.3, -0.25) is 4.79 Å². The molecule has 4 heteroatoms. The van der Waals surface area contributed by atoms with Crippen LogP contribution in [0.2, 0.25) is 0 Å². The SMILES string of the molecule is CC(C)c1cccc(C(C)C)c1NC(=O)C[NH+]1C[C@@H](C)O[C@@H](C)C1. The van der Waals surface area contributed by atoms with Crippen molar-refractivity contribution in [2.45, 2.75) is 65.6 Å². The summed E-state index contributed by atoms with van der Waals surface area (Å²) in [7, 11) is 0. The molecular formula is C20H33N2O2+. The van der Waals surface area contributed by atoms with Crippen molar-refractivity contribution in [1.82, 2.24) is 0 Å². The highest BCUT2D eigenvalue weighted by Gasteiger charge is 2.27. The lowest BCUT2D eigenvalue weighted by atomic mass is 9.92. The molecule has 1 heterocycles. The van der Waals surface area contributed by atoms with E-state index in [2.05, 4.69) is 65.1 Å². The second kappa shape index (κ2) is 8.13. The molecule has 134 valence electrons. The number of carbonyl (C=O) groups excluding carboxylic acids is 1. The van der Waals surface area contributed by atoms with Crippen molar-refractivity contribution < 1.29 is 14.4 Å². The predicted molar refractivity (Wildman–Crippen MR) is 98.8 cm³/mol. The molecule has 4 nitrogen and oxygen atoms in total. The molecule has 3 atom stereocenters. The monoisotopic (exact) mass is 333 g/mol. The minimum Gasteiger partial charge on any atom is -0.364 e. The molecule has 0 bridgehead atoms. The van der Waals surface area contributed by atoms with Crippen LogP contribution in [-0.2, 0) is 9.53 Å². The molecule has 2 N–H and O–H groups in total. The maximum absolute atomic E-state index is 12.7. The maximum atomic E-state index is 12.7. The van der Waals surface area contributed by atoms with E-state index >= 15 is 0 Å². The fourth-order valence-corrected chi connectivity index (χ4v) is 3.64. The third-order valence-corrected chi connectivity index (χ3v) is 4.66. The van der Waals surface area contributed by atoms with E-state index in [0.717, 1.165) is 18.8 Å². The number of carbonyl (C=O) groups is 1. The zero-order chi connectivity index (χ0) is 17.9. The number of para-hydroxylation sites is 1. The van der Waals surface area contributed by atoms with Crippen molar-refractivity contribution >= 4 is 11.6 Å². The van der Waals surface area contributed by atoms with Crippen LogP contribution in [-0.4, -0.2) is 37.7 Å². The number of ether oxygens (including phenoxy) is 1. The Morgan fingerprint density at radius 3 is 2.08 bits per heavy atom. The quantitative estimate of drug-likeness (QED) is 0.870. The van der Waals surface area contributed by atoms with Gasteiger partial charge in [0.05, 0.1) is 0 Å². The van der Waals surface area contributed by atoms with Crippen molar-refractivity contribution in [2.24, 2.45) is 0 Å². The van der Waals surface area contributed by atoms with E-state index in [1.807, 2.05) is 0 Å². The molecule has 2 rings (SSSR count). The van der Waals surface area contributed by atoms with E-state index < -0.39 is 0 Å². The Bertz CT molecular complexity index is 533. The van der Waals surface area contributed by atoms with E-state index in [4.69, 9.17) is 4.74 Å². The van der Waals surface area contributed by atoms with E-state index in [9.17, 15) is 4.79 Å². The zero-order valence-corrected chi connectivity index (χ0v) is 16.0. The third kappa shape index (κ3) is 4.81. The average Bonchev–Trinajstić information content (AvgIpc) is 2.45. The smallest absolute Gasteiger partial charge is 0.279 e. The molecule has 1 aromatic rings. The van der Waals surface area contributed by atoms with Crippen LogP contribution in [0.15, 0.2) is 18.2 Å². The van der Waals surface area contributed by atoms with Gasteiger partial charge in [-0.05, 0) is 36.8 Å². The summed E-state index contributed by atoms with van der Waals surface area (Å²) in [5.74, 6) is 0.867. The Balaban J connectivity index is 2.13. The van der Waals surface area contributed by atoms with Gasteiger partial charge in [0, 0.05) is 5.69 Å². The van der Waals surface area contributed by atoms with Crippen LogP contribution >= 0.6 is 0 Å². The summed E-state index contributed by atoms with van der Waals surface area (Å²) in [5, 5.41) is 3.22. The second-order valence-electron chi connectivity index (χ2n) is 7.76. The minimum absolute atomic E-state index is 0.0984. The van der Waals surface area contributed by atoms with Crippen LogP contribution in [0.5, 0.6) is 0 Å². The minimum atomic E-state index is 0.0984. The van der Waals surface area contributed by atoms with Crippen LogP contribution in [0.3, 0.4) is 0 Å². The lowest BCUT2D eigenvalue weighted by Gasteiger charge is -2.32. The molecule has 1 amide bonds. The Morgan fingerprint density at radius 1 is 1.12 bits per heavy atom. The van der Waals surface area contributed by atoms with Gasteiger partial charge in [0.15, 0.2) is 6.54 Å². The summed E-state index contributed by atoms with van der Waals surface area (Å²) in [6, 6.07) is 6.34. The standard InChI is InChI=1S/C20H32N2O2/c1-13(2)17-8-7-9-18(14(3)4)20(17)21-19(23)12-22-10-15(5)24-16(6)11-22/h7-9,13-16H,10-12H2,1-6H3,(H,21,23)/p+1/t15-,16+. The van der Waals surface area contributed by atoms with Gasteiger partial charge in [-0.2, -0.15) is 0 Å². The number of hydrogen-bond donors (Lipinski definition) is 2. The van der Waals surface area contributed by atoms with Gasteiger partial charge in [-0.1, -0.05) is 45.9 Å². The molecule has 1 fully saturated rings. The van der Waals surface area contributed by atoms with Crippen LogP contribution in [0.25, 0.3) is 0 Å². The normalized spacial score (nSPS) is 24.4. The first kappa shape index (κ1) is 18.9. The molecule has 0 aliphatic carbocycles. The Hall–Kier alpha value is -1.39. The number of anilines is 1. The summed E-state index contributed by atoms with van der Waals surface area (Å²) < 4.78 is 5.76. The van der Waals surface area contributed by atoms with Gasteiger partial charge in [0.2, 0.25) is 0 Å². The first-order valence-corrected chi connectivity index (χ1v) is 9.19. The lowest BCUT2D eigenvalue weighted by Crippen LogP contribution is -3.16. The lowest BCUT2D eigenvalue weighted by molar-refractivity contribution is -0.907. The van der Waals surface area contributed by atoms with E-state index in [1.54, 1.807) is 0 Å². The topological polar surface area (TPSA) is 42.8 Å². The van der Waals surface area contributed by atoms with Crippen LogP contribution < -0.4 is 10.2 Å². The molecule has 0 spiro atoms. The van der Waals surface area contributed by atoms with Gasteiger partial charge in [-0.15, -0.1) is 0 Å². The van der Waals surface area contributed by atoms with Gasteiger partial charge in [0.25, 0.3) is 5.91 Å². The number of rotatable bonds is 5. The third-order valence-electron chi connectivity index (χ3n) is 4.66. The van der Waals surface area contributed by atoms with Crippen LogP contribution in [0.1, 0.15) is 64.5 Å². The molecule has 0 saturated carbocycles. The number of benzene rings is 1. The van der Waals surface area contributed by atoms with E-state index in [1.165, 1.54) is 16.0 Å². The fourth-order valence-electron chi connectivity index (χ4n) is 3.64.